The topological polar surface area (TPSA) is 434 Å². The Labute approximate surface area is 1020 Å². The zero-order valence-corrected chi connectivity index (χ0v) is 98.2. The third-order valence-electron chi connectivity index (χ3n) is 14.2. The molecule has 60 heteroatoms. The number of aromatic hydroxyl groups is 1. The summed E-state index contributed by atoms with van der Waals surface area (Å²) in [6, 6.07) is 7.71. The van der Waals surface area contributed by atoms with Gasteiger partial charge in [0.15, 0.2) is 128 Å². The number of hydrogen-bond acceptors (Lipinski definition) is 32. The van der Waals surface area contributed by atoms with Gasteiger partial charge < -0.3 is 79.9 Å². The number of fused-ring (bicyclic) bond motifs is 1. The molecular weight excluding hydrogens is 2350 g/mol. The summed E-state index contributed by atoms with van der Waals surface area (Å²) < 4.78 is 181. The van der Waals surface area contributed by atoms with Gasteiger partial charge in [-0.15, -0.1) is 0 Å². The van der Waals surface area contributed by atoms with Crippen LogP contribution in [0.25, 0.3) is 0 Å². The number of aromatic nitrogens is 10. The van der Waals surface area contributed by atoms with Gasteiger partial charge in [0, 0.05) is 81.0 Å². The van der Waals surface area contributed by atoms with Crippen molar-refractivity contribution in [2.75, 3.05) is 99.4 Å². The maximum Gasteiger partial charge on any atom is 1.00 e. The molecule has 0 bridgehead atoms. The molecule has 1 aliphatic rings. The Hall–Kier alpha value is -1.31. The maximum absolute atomic E-state index is 13.6. The first-order chi connectivity index (χ1) is 57.5. The van der Waals surface area contributed by atoms with Gasteiger partial charge in [0.1, 0.15) is 32.0 Å². The van der Waals surface area contributed by atoms with Crippen molar-refractivity contribution in [3.8, 4) is 28.7 Å². The molecule has 0 spiro atoms. The number of nitrogens with one attached hydrogen (secondary N) is 4. The number of benzene rings is 5. The van der Waals surface area contributed by atoms with E-state index in [0.29, 0.717) is 28.8 Å². The van der Waals surface area contributed by atoms with Crippen molar-refractivity contribution in [3.05, 3.63) is 229 Å². The quantitative estimate of drug-likeness (QED) is 0.00468. The number of nitrogens with zero attached hydrogens (tertiary/aromatic N) is 11. The Balaban J connectivity index is -0.000000280. The molecular formula is C69H61BBrCl10Cs2F10K2N15NaO17S. The van der Waals surface area contributed by atoms with Gasteiger partial charge >= 0.3 is 270 Å². The Bertz CT molecular complexity index is 5470. The van der Waals surface area contributed by atoms with Gasteiger partial charge in [-0.1, -0.05) is 81.4 Å². The first-order valence-corrected chi connectivity index (χ1v) is 38.9. The molecule has 0 fully saturated rings. The number of ketones is 2. The fourth-order valence-corrected chi connectivity index (χ4v) is 11.7. The SMILES string of the molecule is C.CN1c2nc(Cl)ncc2OCC1c1cc(F)c(F)cc1Cl.CNc1nc(Cl)ncc1O.CNc1nc(Cl)ncc1OCC(=O)c1cc(F)c(F)cc1Cl.CNc1nc(Cl)ncc1OCC(O)c1cc(F)c(F)cc1Cl.CNc1nc(Cl)ncc1OCC(OS(C)(=O)=O)c1cc(F)c(F)cc1Cl.O=C(CBr)c1cc(F)c(F)cc1Cl.O=CO[O-].O=CO[O-].[B].[Cs+].[Cs+].[H-].[H-].[H-].[K+].[K+].[Na+]. The van der Waals surface area contributed by atoms with E-state index in [1.807, 2.05) is 0 Å². The molecule has 11 rings (SSSR count). The molecule has 6 heterocycles. The molecule has 0 saturated carbocycles. The number of likely N-dealkylation sites (N-methyl/N-ethyl adjacent to an activating group) is 1. The normalized spacial score (nSPS) is 11.3. The van der Waals surface area contributed by atoms with E-state index in [2.05, 4.69) is 96.8 Å². The molecule has 1 aliphatic heterocycles. The van der Waals surface area contributed by atoms with Crippen molar-refractivity contribution in [2.24, 2.45) is 0 Å². The van der Waals surface area contributed by atoms with Crippen LogP contribution in [0.3, 0.4) is 0 Å². The first-order valence-electron chi connectivity index (χ1n) is 32.2. The zero-order valence-electron chi connectivity index (χ0n) is 70.4. The van der Waals surface area contributed by atoms with Gasteiger partial charge in [-0.2, -0.15) is 33.3 Å². The van der Waals surface area contributed by atoms with E-state index in [1.165, 1.54) is 31.0 Å². The third kappa shape index (κ3) is 45.2. The van der Waals surface area contributed by atoms with E-state index >= 15 is 0 Å². The zero-order chi connectivity index (χ0) is 91.6. The monoisotopic (exact) mass is 2400 g/mol. The summed E-state index contributed by atoms with van der Waals surface area (Å²) in [5.74, 6) is -9.33. The molecule has 3 unspecified atom stereocenters. The van der Waals surface area contributed by atoms with Crippen LogP contribution in [0, 0.1) is 58.2 Å². The summed E-state index contributed by atoms with van der Waals surface area (Å²) in [7, 11) is 4.17. The Morgan fingerprint density at radius 3 is 1.28 bits per heavy atom. The number of aliphatic hydroxyl groups is 1. The van der Waals surface area contributed by atoms with Crippen LogP contribution in [0.2, 0.25) is 51.5 Å². The summed E-state index contributed by atoms with van der Waals surface area (Å²) >= 11 is 60.0. The summed E-state index contributed by atoms with van der Waals surface area (Å²) in [6.07, 6.45) is 4.76. The fourth-order valence-electron chi connectivity index (χ4n) is 8.80. The molecule has 5 aromatic carbocycles. The largest absolute Gasteiger partial charge is 1.00 e. The number of hydrogen-bond donors (Lipinski definition) is 6. The Kier molecular flexibility index (Phi) is 71.3. The van der Waals surface area contributed by atoms with Crippen molar-refractivity contribution in [1.29, 1.82) is 0 Å². The Morgan fingerprint density at radius 1 is 0.543 bits per heavy atom. The van der Waals surface area contributed by atoms with Crippen LogP contribution in [-0.2, 0) is 33.7 Å². The van der Waals surface area contributed by atoms with Crippen LogP contribution in [0.1, 0.15) is 67.4 Å². The molecule has 675 valence electrons. The minimum absolute atomic E-state index is 0. The number of halogens is 21. The van der Waals surface area contributed by atoms with Gasteiger partial charge in [0.05, 0.1) is 58.7 Å². The van der Waals surface area contributed by atoms with Gasteiger partial charge in [0.25, 0.3) is 23.1 Å². The van der Waals surface area contributed by atoms with E-state index in [9.17, 15) is 67.0 Å². The van der Waals surface area contributed by atoms with Crippen molar-refractivity contribution in [3.63, 3.8) is 0 Å². The number of alkyl halides is 1. The molecule has 0 aliphatic carbocycles. The van der Waals surface area contributed by atoms with Crippen molar-refractivity contribution in [2.45, 2.75) is 25.7 Å². The van der Waals surface area contributed by atoms with Crippen LogP contribution in [0.5, 0.6) is 28.7 Å². The smallest absolute Gasteiger partial charge is 1.00 e. The second-order valence-electron chi connectivity index (χ2n) is 22.1. The maximum atomic E-state index is 13.6. The number of anilines is 5. The van der Waals surface area contributed by atoms with Crippen molar-refractivity contribution in [1.82, 2.24) is 49.8 Å². The second kappa shape index (κ2) is 68.7. The van der Waals surface area contributed by atoms with Crippen LogP contribution in [0.4, 0.5) is 73.0 Å². The number of carbonyl (C=O) groups excluding carboxylic acids is 4. The van der Waals surface area contributed by atoms with E-state index in [0.717, 1.165) is 66.9 Å². The molecule has 3 radical (unpaired) electrons. The van der Waals surface area contributed by atoms with E-state index in [1.54, 1.807) is 40.1 Å². The van der Waals surface area contributed by atoms with Crippen LogP contribution < -0.4 is 326 Å². The number of ether oxygens (including phenoxy) is 4. The number of carbonyl (C=O) groups is 4. The first kappa shape index (κ1) is 134. The van der Waals surface area contributed by atoms with E-state index in [4.69, 9.17) is 164 Å². The molecule has 10 aromatic rings. The van der Waals surface area contributed by atoms with Gasteiger partial charge in [-0.3, -0.25) is 23.4 Å². The molecule has 129 heavy (non-hydrogen) atoms. The average molecular weight is 2410 g/mol. The average Bonchev–Trinajstić information content (AvgIpc) is 0.777. The standard InChI is InChI=1S/C14H13Cl2F2N3O4S.C13H11Cl2F2N3O2.C13H9Cl2F2N3O2.C13H9Cl2F2N3O.C8H4BrClF2O.C5H6ClN3O.2CH2O3.CH4.B.2Cs.2K.Na.3H/c1-19-13-11(5-20-14(16)21-13)24-6-12(25-26(2,22)23)7-3-9(17)10(18)4-8(7)15;2*1-18-12-11(4-19-13(15)20-12)22-5-10(21)6-2-8(16)9(17)3-7(6)14;1-20-10(6-2-8(16)9(17)3-7(6)14)5-21-11-4-18-13(15)19-12(11)20;9-3-8(13)4-1-6(11)7(12)2-5(4)10;1-7-4-3(10)2-8-5(6)9-4;2*2-1-4-3;;;;;;;;;;/h3-5,12H,6H2,1-2H3,(H,19,20,21);2-4,10,21H,5H2,1H3,(H,18,19,20);2-4H,5H2,1H3,(H,18,19,20);2-4,10H,5H2,1H3;1-2H,3H2;2,10H,1H3,(H,7,8,9);2*1,3H;1H4;;;;;;;;;/q;;;;;;;;;;5*+1;3*-1/p-2. The Morgan fingerprint density at radius 2 is 0.876 bits per heavy atom. The summed E-state index contributed by atoms with van der Waals surface area (Å²) in [5, 5.41) is 46.4. The minimum Gasteiger partial charge on any atom is -1.00 e. The van der Waals surface area contributed by atoms with Gasteiger partial charge in [0.2, 0.25) is 32.2 Å². The molecule has 32 nitrogen and oxygen atoms in total. The predicted octanol–water partition coefficient (Wildman–Crippen LogP) is -0.0329. The van der Waals surface area contributed by atoms with Crippen LogP contribution in [0.15, 0.2) is 91.6 Å². The third-order valence-corrected chi connectivity index (χ3v) is 17.8. The number of Topliss-reactive ketones (excluding diaryl/α,β-unsaturated/α-hetero) is 2. The minimum atomic E-state index is -3.96. The van der Waals surface area contributed by atoms with E-state index in [-0.39, 0.29) is 436 Å². The van der Waals surface area contributed by atoms with Crippen molar-refractivity contribution >= 4 is 204 Å². The summed E-state index contributed by atoms with van der Waals surface area (Å²) in [4.78, 5) is 85.3. The predicted molar refractivity (Wildman–Crippen MR) is 441 cm³/mol. The molecule has 0 saturated heterocycles. The summed E-state index contributed by atoms with van der Waals surface area (Å²) in [5.41, 5.74) is 0.135. The van der Waals surface area contributed by atoms with E-state index < -0.39 is 106 Å². The summed E-state index contributed by atoms with van der Waals surface area (Å²) in [6.45, 7) is -1.27. The number of rotatable bonds is 23. The van der Waals surface area contributed by atoms with Crippen LogP contribution in [-0.4, -0.2) is 175 Å². The molecule has 0 amide bonds. The van der Waals surface area contributed by atoms with Crippen LogP contribution >= 0.6 is 132 Å². The van der Waals surface area contributed by atoms with Gasteiger partial charge in [-0.25, -0.2) is 68.8 Å². The van der Waals surface area contributed by atoms with Crippen molar-refractivity contribution < 1.29 is 400 Å². The second-order valence-corrected chi connectivity index (χ2v) is 28.0. The molecule has 3 atom stereocenters. The van der Waals surface area contributed by atoms with Gasteiger partial charge in [-0.05, 0) is 124 Å². The molecule has 5 aromatic heterocycles. The fraction of sp³-hybridized carbons (Fsp3) is 0.217. The molecule has 6 N–H and O–H groups in total. The number of aliphatic hydroxyl groups excluding tert-OH is 1.